The largest absolute Gasteiger partial charge is 0.383 e. The molecule has 0 aromatic carbocycles. The Bertz CT molecular complexity index is 492. The first-order valence-electron chi connectivity index (χ1n) is 6.04. The minimum Gasteiger partial charge on any atom is -0.383 e. The molecule has 2 rings (SSSR count). The Balaban J connectivity index is 2.10. The number of hydrogen-bond donors (Lipinski definition) is 1. The molecule has 98 valence electrons. The van der Waals surface area contributed by atoms with Crippen molar-refractivity contribution in [3.8, 4) is 0 Å². The van der Waals surface area contributed by atoms with Crippen LogP contribution >= 0.6 is 11.3 Å². The maximum Gasteiger partial charge on any atom is 0.203 e. The van der Waals surface area contributed by atoms with E-state index in [9.17, 15) is 0 Å². The highest BCUT2D eigenvalue weighted by Crippen LogP contribution is 2.27. The first kappa shape index (κ1) is 13.1. The molecule has 2 aromatic rings. The van der Waals surface area contributed by atoms with E-state index in [1.165, 1.54) is 9.75 Å². The highest BCUT2D eigenvalue weighted by molar-refractivity contribution is 7.12. The van der Waals surface area contributed by atoms with E-state index in [1.807, 2.05) is 23.7 Å². The highest BCUT2D eigenvalue weighted by Gasteiger charge is 2.13. The number of methoxy groups -OCH3 is 1. The second kappa shape index (κ2) is 6.02. The third kappa shape index (κ3) is 2.91. The van der Waals surface area contributed by atoms with Crippen molar-refractivity contribution in [2.75, 3.05) is 25.6 Å². The van der Waals surface area contributed by atoms with Crippen LogP contribution in [-0.4, -0.2) is 29.8 Å². The third-order valence-corrected chi connectivity index (χ3v) is 4.02. The molecule has 0 aliphatic rings. The van der Waals surface area contributed by atoms with E-state index < -0.39 is 0 Å². The summed E-state index contributed by atoms with van der Waals surface area (Å²) in [6.45, 7) is 5.77. The van der Waals surface area contributed by atoms with Crippen LogP contribution in [0.15, 0.2) is 24.5 Å². The number of nitrogens with one attached hydrogen (secondary N) is 1. The average molecular weight is 265 g/mol. The van der Waals surface area contributed by atoms with Gasteiger partial charge in [0.1, 0.15) is 0 Å². The van der Waals surface area contributed by atoms with Crippen LogP contribution in [0.4, 0.5) is 5.95 Å². The summed E-state index contributed by atoms with van der Waals surface area (Å²) in [7, 11) is 1.70. The fourth-order valence-corrected chi connectivity index (χ4v) is 2.77. The van der Waals surface area contributed by atoms with E-state index in [0.29, 0.717) is 12.6 Å². The fraction of sp³-hybridized carbons (Fsp3) is 0.462. The van der Waals surface area contributed by atoms with Crippen LogP contribution in [0, 0.1) is 6.92 Å². The Labute approximate surface area is 112 Å². The zero-order valence-corrected chi connectivity index (χ0v) is 11.8. The number of rotatable bonds is 6. The van der Waals surface area contributed by atoms with Gasteiger partial charge in [0.2, 0.25) is 5.95 Å². The van der Waals surface area contributed by atoms with Crippen molar-refractivity contribution >= 4 is 17.3 Å². The maximum absolute atomic E-state index is 5.03. The molecule has 1 unspecified atom stereocenters. The number of nitrogens with zero attached hydrogens (tertiary/aromatic N) is 2. The van der Waals surface area contributed by atoms with E-state index in [1.54, 1.807) is 7.11 Å². The SMILES string of the molecule is COCCNc1nccn1C(C)c1ccc(C)s1. The van der Waals surface area contributed by atoms with Gasteiger partial charge in [-0.15, -0.1) is 11.3 Å². The van der Waals surface area contributed by atoms with Gasteiger partial charge in [0, 0.05) is 35.8 Å². The molecule has 0 saturated carbocycles. The summed E-state index contributed by atoms with van der Waals surface area (Å²) >= 11 is 1.83. The molecule has 5 heteroatoms. The predicted molar refractivity (Wildman–Crippen MR) is 75.5 cm³/mol. The lowest BCUT2D eigenvalue weighted by molar-refractivity contribution is 0.210. The summed E-state index contributed by atoms with van der Waals surface area (Å²) in [6.07, 6.45) is 3.83. The van der Waals surface area contributed by atoms with E-state index in [2.05, 4.69) is 40.8 Å². The molecule has 1 atom stereocenters. The van der Waals surface area contributed by atoms with Gasteiger partial charge in [-0.2, -0.15) is 0 Å². The van der Waals surface area contributed by atoms with Crippen LogP contribution in [0.2, 0.25) is 0 Å². The van der Waals surface area contributed by atoms with E-state index in [0.717, 1.165) is 12.5 Å². The minimum atomic E-state index is 0.302. The van der Waals surface area contributed by atoms with Gasteiger partial charge in [0.15, 0.2) is 0 Å². The molecule has 2 heterocycles. The maximum atomic E-state index is 5.03. The molecule has 0 amide bonds. The van der Waals surface area contributed by atoms with Gasteiger partial charge in [0.05, 0.1) is 12.6 Å². The van der Waals surface area contributed by atoms with Crippen molar-refractivity contribution in [2.24, 2.45) is 0 Å². The monoisotopic (exact) mass is 265 g/mol. The average Bonchev–Trinajstić information content (AvgIpc) is 2.97. The zero-order valence-electron chi connectivity index (χ0n) is 11.0. The fourth-order valence-electron chi connectivity index (χ4n) is 1.84. The number of ether oxygens (including phenoxy) is 1. The number of hydrogen-bond acceptors (Lipinski definition) is 4. The molecule has 0 spiro atoms. The summed E-state index contributed by atoms with van der Waals surface area (Å²) < 4.78 is 7.18. The third-order valence-electron chi connectivity index (χ3n) is 2.85. The number of anilines is 1. The molecule has 1 N–H and O–H groups in total. The normalized spacial score (nSPS) is 12.6. The second-order valence-electron chi connectivity index (χ2n) is 4.20. The Morgan fingerprint density at radius 1 is 1.50 bits per heavy atom. The van der Waals surface area contributed by atoms with Crippen molar-refractivity contribution < 1.29 is 4.74 Å². The van der Waals surface area contributed by atoms with Gasteiger partial charge in [0.25, 0.3) is 0 Å². The molecule has 18 heavy (non-hydrogen) atoms. The quantitative estimate of drug-likeness (QED) is 0.816. The van der Waals surface area contributed by atoms with E-state index in [4.69, 9.17) is 4.74 Å². The van der Waals surface area contributed by atoms with Gasteiger partial charge in [-0.1, -0.05) is 0 Å². The number of aromatic nitrogens is 2. The smallest absolute Gasteiger partial charge is 0.203 e. The number of imidazole rings is 1. The molecule has 0 aliphatic carbocycles. The minimum absolute atomic E-state index is 0.302. The molecular formula is C13H19N3OS. The molecule has 0 fully saturated rings. The second-order valence-corrected chi connectivity index (χ2v) is 5.52. The first-order valence-corrected chi connectivity index (χ1v) is 6.86. The van der Waals surface area contributed by atoms with Crippen molar-refractivity contribution in [3.05, 3.63) is 34.3 Å². The highest BCUT2D eigenvalue weighted by atomic mass is 32.1. The molecule has 0 aliphatic heterocycles. The topological polar surface area (TPSA) is 39.1 Å². The molecule has 2 aromatic heterocycles. The molecule has 0 bridgehead atoms. The van der Waals surface area contributed by atoms with E-state index >= 15 is 0 Å². The Morgan fingerprint density at radius 3 is 3.00 bits per heavy atom. The Kier molecular flexibility index (Phi) is 4.38. The summed E-state index contributed by atoms with van der Waals surface area (Å²) in [6, 6.07) is 4.64. The zero-order chi connectivity index (χ0) is 13.0. The van der Waals surface area contributed by atoms with Gasteiger partial charge in [-0.25, -0.2) is 4.98 Å². The van der Waals surface area contributed by atoms with Gasteiger partial charge >= 0.3 is 0 Å². The Hall–Kier alpha value is -1.33. The van der Waals surface area contributed by atoms with Crippen LogP contribution in [-0.2, 0) is 4.74 Å². The predicted octanol–water partition coefficient (Wildman–Crippen LogP) is 2.92. The molecule has 0 saturated heterocycles. The lowest BCUT2D eigenvalue weighted by atomic mass is 10.2. The summed E-state index contributed by atoms with van der Waals surface area (Å²) in [5.41, 5.74) is 0. The Morgan fingerprint density at radius 2 is 2.33 bits per heavy atom. The number of aryl methyl sites for hydroxylation is 1. The van der Waals surface area contributed by atoms with Crippen LogP contribution in [0.3, 0.4) is 0 Å². The lowest BCUT2D eigenvalue weighted by Gasteiger charge is -2.15. The van der Waals surface area contributed by atoms with Crippen LogP contribution in [0.1, 0.15) is 22.7 Å². The first-order chi connectivity index (χ1) is 8.72. The lowest BCUT2D eigenvalue weighted by Crippen LogP contribution is -2.14. The van der Waals surface area contributed by atoms with Gasteiger partial charge in [-0.05, 0) is 26.0 Å². The van der Waals surface area contributed by atoms with E-state index in [-0.39, 0.29) is 0 Å². The van der Waals surface area contributed by atoms with Gasteiger partial charge < -0.3 is 14.6 Å². The number of thiophene rings is 1. The standard InChI is InChI=1S/C13H19N3OS/c1-10-4-5-12(18-10)11(2)16-8-6-14-13(16)15-7-9-17-3/h4-6,8,11H,7,9H2,1-3H3,(H,14,15). The molecule has 0 radical (unpaired) electrons. The van der Waals surface area contributed by atoms with Crippen LogP contribution in [0.5, 0.6) is 0 Å². The van der Waals surface area contributed by atoms with Gasteiger partial charge in [-0.3, -0.25) is 0 Å². The summed E-state index contributed by atoms with van der Waals surface area (Å²) in [5.74, 6) is 0.894. The molecular weight excluding hydrogens is 246 g/mol. The van der Waals surface area contributed by atoms with Crippen molar-refractivity contribution in [1.82, 2.24) is 9.55 Å². The summed E-state index contributed by atoms with van der Waals surface area (Å²) in [4.78, 5) is 7.03. The van der Waals surface area contributed by atoms with Crippen molar-refractivity contribution in [1.29, 1.82) is 0 Å². The van der Waals surface area contributed by atoms with Crippen LogP contribution < -0.4 is 5.32 Å². The van der Waals surface area contributed by atoms with Crippen LogP contribution in [0.25, 0.3) is 0 Å². The molecule has 4 nitrogen and oxygen atoms in total. The van der Waals surface area contributed by atoms with Crippen molar-refractivity contribution in [3.63, 3.8) is 0 Å². The van der Waals surface area contributed by atoms with Crippen molar-refractivity contribution in [2.45, 2.75) is 19.9 Å². The summed E-state index contributed by atoms with van der Waals surface area (Å²) in [5, 5.41) is 3.28.